The number of carbonyl (C=O) groups is 3. The predicted molar refractivity (Wildman–Crippen MR) is 155 cm³/mol. The molecule has 0 saturated carbocycles. The Morgan fingerprint density at radius 1 is 0.750 bits per heavy atom. The molecule has 0 bridgehead atoms. The first-order valence-corrected chi connectivity index (χ1v) is 13.4. The molecular weight excluding hydrogens is 526 g/mol. The van der Waals surface area contributed by atoms with Crippen molar-refractivity contribution < 1.29 is 23.9 Å². The second-order valence-corrected chi connectivity index (χ2v) is 9.72. The Morgan fingerprint density at radius 2 is 1.48 bits per heavy atom. The summed E-state index contributed by atoms with van der Waals surface area (Å²) in [6.45, 7) is 0.165. The molecule has 0 aliphatic carbocycles. The molecule has 3 N–H and O–H groups in total. The molecule has 0 atom stereocenters. The molecule has 1 aliphatic heterocycles. The van der Waals surface area contributed by atoms with Crippen LogP contribution in [0.1, 0.15) is 15.9 Å². The van der Waals surface area contributed by atoms with Crippen molar-refractivity contribution in [1.82, 2.24) is 5.32 Å². The lowest BCUT2D eigenvalue weighted by Crippen LogP contribution is -2.30. The molecule has 0 saturated heterocycles. The van der Waals surface area contributed by atoms with Gasteiger partial charge < -0.3 is 25.4 Å². The van der Waals surface area contributed by atoms with Crippen molar-refractivity contribution in [3.8, 4) is 11.5 Å². The highest BCUT2D eigenvalue weighted by Gasteiger charge is 2.16. The maximum atomic E-state index is 13.3. The van der Waals surface area contributed by atoms with Gasteiger partial charge in [-0.1, -0.05) is 54.6 Å². The molecule has 1 heterocycles. The minimum absolute atomic E-state index is 0.0983. The monoisotopic (exact) mass is 551 g/mol. The fourth-order valence-electron chi connectivity index (χ4n) is 3.84. The van der Waals surface area contributed by atoms with Crippen molar-refractivity contribution in [2.75, 3.05) is 23.2 Å². The molecule has 8 nitrogen and oxygen atoms in total. The van der Waals surface area contributed by atoms with E-state index in [1.807, 2.05) is 42.5 Å². The van der Waals surface area contributed by atoms with Crippen LogP contribution < -0.4 is 25.4 Å². The van der Waals surface area contributed by atoms with Crippen molar-refractivity contribution in [2.24, 2.45) is 0 Å². The number of ether oxygens (including phenoxy) is 2. The molecule has 0 spiro atoms. The van der Waals surface area contributed by atoms with E-state index in [1.54, 1.807) is 66.7 Å². The van der Waals surface area contributed by atoms with Crippen molar-refractivity contribution in [3.63, 3.8) is 0 Å². The van der Waals surface area contributed by atoms with Gasteiger partial charge in [0.2, 0.25) is 12.7 Å². The van der Waals surface area contributed by atoms with Crippen LogP contribution in [0.15, 0.2) is 114 Å². The maximum absolute atomic E-state index is 13.3. The summed E-state index contributed by atoms with van der Waals surface area (Å²) < 4.78 is 10.6. The average molecular weight is 552 g/mol. The molecule has 5 rings (SSSR count). The van der Waals surface area contributed by atoms with Gasteiger partial charge in [0.1, 0.15) is 5.70 Å². The standard InChI is InChI=1S/C31H25N3O5S/c35-29(32-24-14-15-27-28(18-24)39-20-38-27)19-40-25-13-7-12-23(17-25)33-31(37)26(16-21-8-3-1-4-9-21)34-30(36)22-10-5-2-6-11-22/h1-18H,19-20H2,(H,32,35)(H,33,37)(H,34,36)/b26-16-. The highest BCUT2D eigenvalue weighted by Crippen LogP contribution is 2.34. The minimum atomic E-state index is -0.476. The number of nitrogens with one attached hydrogen (secondary N) is 3. The van der Waals surface area contributed by atoms with E-state index in [0.29, 0.717) is 28.4 Å². The zero-order valence-corrected chi connectivity index (χ0v) is 22.1. The molecule has 40 heavy (non-hydrogen) atoms. The van der Waals surface area contributed by atoms with E-state index in [-0.39, 0.29) is 24.2 Å². The molecule has 4 aromatic rings. The van der Waals surface area contributed by atoms with Gasteiger partial charge in [0, 0.05) is 27.9 Å². The zero-order chi connectivity index (χ0) is 27.7. The van der Waals surface area contributed by atoms with Crippen LogP contribution in [-0.2, 0) is 9.59 Å². The molecule has 9 heteroatoms. The van der Waals surface area contributed by atoms with Gasteiger partial charge in [0.15, 0.2) is 11.5 Å². The average Bonchev–Trinajstić information content (AvgIpc) is 3.45. The lowest BCUT2D eigenvalue weighted by Gasteiger charge is -2.12. The molecule has 0 unspecified atom stereocenters. The highest BCUT2D eigenvalue weighted by molar-refractivity contribution is 8.00. The van der Waals surface area contributed by atoms with Crippen LogP contribution in [0, 0.1) is 0 Å². The molecular formula is C31H25N3O5S. The van der Waals surface area contributed by atoms with E-state index in [4.69, 9.17) is 9.47 Å². The molecule has 3 amide bonds. The fourth-order valence-corrected chi connectivity index (χ4v) is 4.60. The summed E-state index contributed by atoms with van der Waals surface area (Å²) in [5, 5.41) is 8.43. The smallest absolute Gasteiger partial charge is 0.272 e. The number of rotatable bonds is 9. The summed E-state index contributed by atoms with van der Waals surface area (Å²) in [6.07, 6.45) is 1.62. The number of anilines is 2. The number of hydrogen-bond donors (Lipinski definition) is 3. The number of hydrogen-bond acceptors (Lipinski definition) is 6. The maximum Gasteiger partial charge on any atom is 0.272 e. The summed E-state index contributed by atoms with van der Waals surface area (Å²) >= 11 is 1.33. The van der Waals surface area contributed by atoms with Crippen molar-refractivity contribution in [3.05, 3.63) is 120 Å². The molecule has 0 radical (unpaired) electrons. The fraction of sp³-hybridized carbons (Fsp3) is 0.0645. The van der Waals surface area contributed by atoms with Crippen LogP contribution in [0.2, 0.25) is 0 Å². The van der Waals surface area contributed by atoms with E-state index in [0.717, 1.165) is 10.5 Å². The normalized spacial score (nSPS) is 11.9. The molecule has 0 fully saturated rings. The number of thioether (sulfide) groups is 1. The van der Waals surface area contributed by atoms with E-state index in [2.05, 4.69) is 16.0 Å². The first kappa shape index (κ1) is 26.6. The molecule has 0 aromatic heterocycles. The molecule has 1 aliphatic rings. The summed E-state index contributed by atoms with van der Waals surface area (Å²) in [5.41, 5.74) is 2.44. The van der Waals surface area contributed by atoms with Gasteiger partial charge in [-0.15, -0.1) is 11.8 Å². The van der Waals surface area contributed by atoms with E-state index < -0.39 is 11.8 Å². The van der Waals surface area contributed by atoms with Gasteiger partial charge in [-0.05, 0) is 54.1 Å². The summed E-state index contributed by atoms with van der Waals surface area (Å²) in [7, 11) is 0. The van der Waals surface area contributed by atoms with Crippen LogP contribution in [-0.4, -0.2) is 30.3 Å². The Kier molecular flexibility index (Phi) is 8.43. The van der Waals surface area contributed by atoms with Gasteiger partial charge >= 0.3 is 0 Å². The Hall–Kier alpha value is -5.02. The predicted octanol–water partition coefficient (Wildman–Crippen LogP) is 5.56. The Labute approximate surface area is 235 Å². The van der Waals surface area contributed by atoms with Gasteiger partial charge in [0.25, 0.3) is 11.8 Å². The van der Waals surface area contributed by atoms with E-state index in [1.165, 1.54) is 11.8 Å². The van der Waals surface area contributed by atoms with Crippen LogP contribution in [0.3, 0.4) is 0 Å². The van der Waals surface area contributed by atoms with Crippen molar-refractivity contribution in [1.29, 1.82) is 0 Å². The lowest BCUT2D eigenvalue weighted by atomic mass is 10.1. The van der Waals surface area contributed by atoms with E-state index >= 15 is 0 Å². The second-order valence-electron chi connectivity index (χ2n) is 8.68. The van der Waals surface area contributed by atoms with Crippen molar-refractivity contribution in [2.45, 2.75) is 4.90 Å². The Bertz CT molecular complexity index is 1560. The quantitative estimate of drug-likeness (QED) is 0.186. The number of fused-ring (bicyclic) bond motifs is 1. The Morgan fingerprint density at radius 3 is 2.27 bits per heavy atom. The summed E-state index contributed by atoms with van der Waals surface area (Å²) in [6, 6.07) is 30.3. The van der Waals surface area contributed by atoms with Crippen molar-refractivity contribution >= 4 is 46.9 Å². The zero-order valence-electron chi connectivity index (χ0n) is 21.3. The Balaban J connectivity index is 1.23. The van der Waals surface area contributed by atoms with Gasteiger partial charge in [-0.25, -0.2) is 0 Å². The van der Waals surface area contributed by atoms with Gasteiger partial charge in [-0.3, -0.25) is 14.4 Å². The number of benzene rings is 4. The first-order valence-electron chi connectivity index (χ1n) is 12.4. The third-order valence-corrected chi connectivity index (χ3v) is 6.75. The summed E-state index contributed by atoms with van der Waals surface area (Å²) in [5.74, 6) is 0.349. The van der Waals surface area contributed by atoms with Gasteiger partial charge in [-0.2, -0.15) is 0 Å². The lowest BCUT2D eigenvalue weighted by molar-refractivity contribution is -0.114. The van der Waals surface area contributed by atoms with Crippen LogP contribution in [0.5, 0.6) is 11.5 Å². The first-order chi connectivity index (χ1) is 19.5. The largest absolute Gasteiger partial charge is 0.454 e. The topological polar surface area (TPSA) is 106 Å². The SMILES string of the molecule is O=C(CSc1cccc(NC(=O)/C(=C/c2ccccc2)NC(=O)c2ccccc2)c1)Nc1ccc2c(c1)OCO2. The molecule has 200 valence electrons. The van der Waals surface area contributed by atoms with Crippen LogP contribution in [0.25, 0.3) is 6.08 Å². The third-order valence-electron chi connectivity index (χ3n) is 5.76. The number of amides is 3. The molecule has 4 aromatic carbocycles. The highest BCUT2D eigenvalue weighted by atomic mass is 32.2. The van der Waals surface area contributed by atoms with Gasteiger partial charge in [0.05, 0.1) is 5.75 Å². The number of carbonyl (C=O) groups excluding carboxylic acids is 3. The van der Waals surface area contributed by atoms with Crippen LogP contribution >= 0.6 is 11.8 Å². The minimum Gasteiger partial charge on any atom is -0.454 e. The third kappa shape index (κ3) is 7.09. The second kappa shape index (κ2) is 12.7. The summed E-state index contributed by atoms with van der Waals surface area (Å²) in [4.78, 5) is 39.4. The van der Waals surface area contributed by atoms with E-state index in [9.17, 15) is 14.4 Å². The van der Waals surface area contributed by atoms with Crippen LogP contribution in [0.4, 0.5) is 11.4 Å².